The van der Waals surface area contributed by atoms with E-state index in [1.54, 1.807) is 7.11 Å². The average Bonchev–Trinajstić information content (AvgIpc) is 2.28. The zero-order valence-corrected chi connectivity index (χ0v) is 9.87. The lowest BCUT2D eigenvalue weighted by Gasteiger charge is -2.15. The van der Waals surface area contributed by atoms with Gasteiger partial charge in [0.05, 0.1) is 12.2 Å². The standard InChI is InChI=1S/C13H15FO3/c1-10(9-16-2)17-13-8-12(14)6-5-11(13)4-3-7-15/h5-6,8,10,15H,7,9H2,1-2H3. The normalized spacial score (nSPS) is 11.5. The van der Waals surface area contributed by atoms with Crippen molar-refractivity contribution in [2.45, 2.75) is 13.0 Å². The first-order valence-corrected chi connectivity index (χ1v) is 5.22. The minimum atomic E-state index is -0.390. The van der Waals surface area contributed by atoms with Crippen molar-refractivity contribution < 1.29 is 19.0 Å². The summed E-state index contributed by atoms with van der Waals surface area (Å²) in [6.45, 7) is 1.98. The van der Waals surface area contributed by atoms with Crippen molar-refractivity contribution in [1.82, 2.24) is 0 Å². The van der Waals surface area contributed by atoms with Crippen molar-refractivity contribution in [2.75, 3.05) is 20.3 Å². The molecule has 0 spiro atoms. The summed E-state index contributed by atoms with van der Waals surface area (Å²) in [5, 5.41) is 8.63. The number of hydrogen-bond donors (Lipinski definition) is 1. The van der Waals surface area contributed by atoms with E-state index in [4.69, 9.17) is 14.6 Å². The number of rotatable bonds is 4. The minimum Gasteiger partial charge on any atom is -0.487 e. The van der Waals surface area contributed by atoms with Crippen molar-refractivity contribution in [3.05, 3.63) is 29.6 Å². The number of hydrogen-bond acceptors (Lipinski definition) is 3. The summed E-state index contributed by atoms with van der Waals surface area (Å²) in [6.07, 6.45) is -0.198. The molecule has 1 unspecified atom stereocenters. The second-order valence-electron chi connectivity index (χ2n) is 3.48. The summed E-state index contributed by atoms with van der Waals surface area (Å²) in [4.78, 5) is 0. The molecule has 17 heavy (non-hydrogen) atoms. The summed E-state index contributed by atoms with van der Waals surface area (Å²) >= 11 is 0. The van der Waals surface area contributed by atoms with Crippen LogP contribution in [0, 0.1) is 17.7 Å². The Balaban J connectivity index is 2.90. The molecule has 1 N–H and O–H groups in total. The van der Waals surface area contributed by atoms with Crippen LogP contribution >= 0.6 is 0 Å². The highest BCUT2D eigenvalue weighted by atomic mass is 19.1. The van der Waals surface area contributed by atoms with Crippen molar-refractivity contribution >= 4 is 0 Å². The summed E-state index contributed by atoms with van der Waals surface area (Å²) < 4.78 is 23.5. The highest BCUT2D eigenvalue weighted by Crippen LogP contribution is 2.20. The van der Waals surface area contributed by atoms with Gasteiger partial charge >= 0.3 is 0 Å². The molecule has 0 saturated carbocycles. The lowest BCUT2D eigenvalue weighted by Crippen LogP contribution is -2.18. The molecule has 0 saturated heterocycles. The summed E-state index contributed by atoms with van der Waals surface area (Å²) in [7, 11) is 1.57. The first-order chi connectivity index (χ1) is 8.17. The molecule has 0 bridgehead atoms. The zero-order valence-electron chi connectivity index (χ0n) is 9.87. The molecule has 4 heteroatoms. The Morgan fingerprint density at radius 2 is 2.24 bits per heavy atom. The molecule has 0 aliphatic carbocycles. The Morgan fingerprint density at radius 1 is 1.47 bits per heavy atom. The molecule has 1 aromatic carbocycles. The number of methoxy groups -OCH3 is 1. The fourth-order valence-electron chi connectivity index (χ4n) is 1.32. The zero-order chi connectivity index (χ0) is 12.7. The van der Waals surface area contributed by atoms with Crippen LogP contribution in [0.3, 0.4) is 0 Å². The van der Waals surface area contributed by atoms with Crippen LogP contribution in [-0.2, 0) is 4.74 Å². The van der Waals surface area contributed by atoms with E-state index in [9.17, 15) is 4.39 Å². The van der Waals surface area contributed by atoms with E-state index in [1.807, 2.05) is 6.92 Å². The van der Waals surface area contributed by atoms with Gasteiger partial charge in [-0.1, -0.05) is 11.8 Å². The Bertz CT molecular complexity index is 420. The Labute approximate surface area is 100 Å². The number of aliphatic hydroxyl groups is 1. The lowest BCUT2D eigenvalue weighted by molar-refractivity contribution is 0.0917. The molecular weight excluding hydrogens is 223 g/mol. The molecule has 0 aliphatic heterocycles. The van der Waals surface area contributed by atoms with Crippen LogP contribution in [0.25, 0.3) is 0 Å². The maximum Gasteiger partial charge on any atom is 0.138 e. The lowest BCUT2D eigenvalue weighted by atomic mass is 10.2. The van der Waals surface area contributed by atoms with Crippen molar-refractivity contribution in [1.29, 1.82) is 0 Å². The molecule has 0 heterocycles. The van der Waals surface area contributed by atoms with Gasteiger partial charge in [-0.3, -0.25) is 0 Å². The van der Waals surface area contributed by atoms with Gasteiger partial charge in [-0.2, -0.15) is 0 Å². The Morgan fingerprint density at radius 3 is 2.88 bits per heavy atom. The molecule has 1 aromatic rings. The van der Waals surface area contributed by atoms with Crippen molar-refractivity contribution in [2.24, 2.45) is 0 Å². The van der Waals surface area contributed by atoms with Crippen LogP contribution in [0.4, 0.5) is 4.39 Å². The molecule has 0 aliphatic rings. The molecule has 0 fully saturated rings. The first-order valence-electron chi connectivity index (χ1n) is 5.22. The number of halogens is 1. The quantitative estimate of drug-likeness (QED) is 0.809. The fraction of sp³-hybridized carbons (Fsp3) is 0.385. The van der Waals surface area contributed by atoms with Gasteiger partial charge in [-0.15, -0.1) is 0 Å². The fourth-order valence-corrected chi connectivity index (χ4v) is 1.32. The second-order valence-corrected chi connectivity index (χ2v) is 3.48. The monoisotopic (exact) mass is 238 g/mol. The molecule has 92 valence electrons. The van der Waals surface area contributed by atoms with Gasteiger partial charge in [0.2, 0.25) is 0 Å². The number of ether oxygens (including phenoxy) is 2. The topological polar surface area (TPSA) is 38.7 Å². The average molecular weight is 238 g/mol. The van der Waals surface area contributed by atoms with Gasteiger partial charge in [0, 0.05) is 13.2 Å². The van der Waals surface area contributed by atoms with E-state index in [1.165, 1.54) is 18.2 Å². The summed E-state index contributed by atoms with van der Waals surface area (Å²) in [6, 6.07) is 4.09. The Kier molecular flexibility index (Phi) is 5.47. The number of benzene rings is 1. The van der Waals surface area contributed by atoms with Gasteiger partial charge in [-0.05, 0) is 19.1 Å². The van der Waals surface area contributed by atoms with Crippen molar-refractivity contribution in [3.63, 3.8) is 0 Å². The van der Waals surface area contributed by atoms with E-state index in [2.05, 4.69) is 11.8 Å². The van der Waals surface area contributed by atoms with Gasteiger partial charge in [0.25, 0.3) is 0 Å². The predicted octanol–water partition coefficient (Wildman–Crippen LogP) is 1.58. The maximum atomic E-state index is 13.1. The second kappa shape index (κ2) is 6.89. The van der Waals surface area contributed by atoms with Crippen LogP contribution in [0.2, 0.25) is 0 Å². The number of aliphatic hydroxyl groups excluding tert-OH is 1. The SMILES string of the molecule is COCC(C)Oc1cc(F)ccc1C#CCO. The largest absolute Gasteiger partial charge is 0.487 e. The van der Waals surface area contributed by atoms with Crippen LogP contribution in [0.1, 0.15) is 12.5 Å². The highest BCUT2D eigenvalue weighted by molar-refractivity contribution is 5.46. The third-order valence-electron chi connectivity index (χ3n) is 1.98. The van der Waals surface area contributed by atoms with E-state index >= 15 is 0 Å². The molecule has 3 nitrogen and oxygen atoms in total. The highest BCUT2D eigenvalue weighted by Gasteiger charge is 2.08. The summed E-state index contributed by atoms with van der Waals surface area (Å²) in [5.74, 6) is 5.17. The smallest absolute Gasteiger partial charge is 0.138 e. The predicted molar refractivity (Wildman–Crippen MR) is 62.3 cm³/mol. The molecule has 0 aromatic heterocycles. The van der Waals surface area contributed by atoms with Crippen LogP contribution < -0.4 is 4.74 Å². The summed E-state index contributed by atoms with van der Waals surface area (Å²) in [5.41, 5.74) is 0.545. The first kappa shape index (κ1) is 13.5. The van der Waals surface area contributed by atoms with Crippen LogP contribution in [0.15, 0.2) is 18.2 Å². The van der Waals surface area contributed by atoms with E-state index in [0.717, 1.165) is 0 Å². The molecule has 0 amide bonds. The maximum absolute atomic E-state index is 13.1. The molecule has 1 rings (SSSR count). The van der Waals surface area contributed by atoms with Crippen LogP contribution in [-0.4, -0.2) is 31.5 Å². The Hall–Kier alpha value is -1.57. The van der Waals surface area contributed by atoms with E-state index < -0.39 is 0 Å². The third kappa shape index (κ3) is 4.43. The van der Waals surface area contributed by atoms with E-state index in [0.29, 0.717) is 17.9 Å². The molecule has 0 radical (unpaired) electrons. The van der Waals surface area contributed by atoms with Gasteiger partial charge in [0.1, 0.15) is 24.3 Å². The van der Waals surface area contributed by atoms with Crippen molar-refractivity contribution in [3.8, 4) is 17.6 Å². The third-order valence-corrected chi connectivity index (χ3v) is 1.98. The van der Waals surface area contributed by atoms with Gasteiger partial charge < -0.3 is 14.6 Å². The molecular formula is C13H15FO3. The molecule has 1 atom stereocenters. The minimum absolute atomic E-state index is 0.198. The van der Waals surface area contributed by atoms with E-state index in [-0.39, 0.29) is 18.5 Å². The van der Waals surface area contributed by atoms with Crippen LogP contribution in [0.5, 0.6) is 5.75 Å². The van der Waals surface area contributed by atoms with Gasteiger partial charge in [-0.25, -0.2) is 4.39 Å². The van der Waals surface area contributed by atoms with Gasteiger partial charge in [0.15, 0.2) is 0 Å².